The van der Waals surface area contributed by atoms with E-state index >= 15 is 0 Å². The van der Waals surface area contributed by atoms with E-state index in [0.717, 1.165) is 6.42 Å². The maximum absolute atomic E-state index is 8.97. The second-order valence-electron chi connectivity index (χ2n) is 3.72. The number of ether oxygens (including phenoxy) is 1. The molecule has 4 unspecified atom stereocenters. The molecule has 0 radical (unpaired) electrons. The van der Waals surface area contributed by atoms with Crippen molar-refractivity contribution < 1.29 is 9.84 Å². The average molecular weight is 189 g/mol. The second-order valence-corrected chi connectivity index (χ2v) is 3.72. The van der Waals surface area contributed by atoms with Gasteiger partial charge < -0.3 is 9.84 Å². The predicted octanol–water partition coefficient (Wildman–Crippen LogP) is 1.71. The third-order valence-electron chi connectivity index (χ3n) is 2.40. The summed E-state index contributed by atoms with van der Waals surface area (Å²) in [6.45, 7) is 10.0. The summed E-state index contributed by atoms with van der Waals surface area (Å²) in [6.07, 6.45) is 0.353. The highest BCUT2D eigenvalue weighted by atomic mass is 16.6. The van der Waals surface area contributed by atoms with E-state index in [1.54, 1.807) is 6.92 Å². The fourth-order valence-electron chi connectivity index (χ4n) is 1.22. The van der Waals surface area contributed by atoms with Crippen molar-refractivity contribution in [3.05, 3.63) is 0 Å². The normalized spacial score (nSPS) is 20.8. The first kappa shape index (κ1) is 12.9. The van der Waals surface area contributed by atoms with Crippen LogP contribution in [-0.2, 0) is 4.74 Å². The average Bonchev–Trinajstić information content (AvgIpc) is 2.01. The van der Waals surface area contributed by atoms with Crippen molar-refractivity contribution in [2.75, 3.05) is 0 Å². The Hall–Kier alpha value is -0.120. The van der Waals surface area contributed by atoms with Gasteiger partial charge in [-0.15, -0.1) is 0 Å². The minimum absolute atomic E-state index is 0.0935. The van der Waals surface area contributed by atoms with Gasteiger partial charge in [-0.05, 0) is 26.7 Å². The molecule has 0 saturated heterocycles. The minimum Gasteiger partial charge on any atom is -0.368 e. The molecule has 3 nitrogen and oxygen atoms in total. The van der Waals surface area contributed by atoms with Crippen LogP contribution in [0.3, 0.4) is 0 Å². The molecule has 0 aromatic carbocycles. The summed E-state index contributed by atoms with van der Waals surface area (Å²) in [7, 11) is 0. The fourth-order valence-corrected chi connectivity index (χ4v) is 1.22. The highest BCUT2D eigenvalue weighted by Crippen LogP contribution is 2.07. The SMILES string of the molecule is CCC(C)C(C)NC(C)OC(C)O. The molecule has 3 heteroatoms. The molecule has 0 aliphatic carbocycles. The van der Waals surface area contributed by atoms with Crippen molar-refractivity contribution in [3.63, 3.8) is 0 Å². The van der Waals surface area contributed by atoms with Gasteiger partial charge in [0.05, 0.1) is 0 Å². The van der Waals surface area contributed by atoms with Crippen LogP contribution in [0.5, 0.6) is 0 Å². The van der Waals surface area contributed by atoms with E-state index in [9.17, 15) is 0 Å². The van der Waals surface area contributed by atoms with Gasteiger partial charge in [-0.25, -0.2) is 0 Å². The molecular formula is C10H23NO2. The first-order valence-electron chi connectivity index (χ1n) is 5.07. The maximum atomic E-state index is 8.97. The van der Waals surface area contributed by atoms with Gasteiger partial charge in [0, 0.05) is 6.04 Å². The summed E-state index contributed by atoms with van der Waals surface area (Å²) in [5.74, 6) is 0.625. The first-order valence-corrected chi connectivity index (χ1v) is 5.07. The van der Waals surface area contributed by atoms with Gasteiger partial charge in [0.25, 0.3) is 0 Å². The molecule has 2 N–H and O–H groups in total. The summed E-state index contributed by atoms with van der Waals surface area (Å²) >= 11 is 0. The largest absolute Gasteiger partial charge is 0.368 e. The summed E-state index contributed by atoms with van der Waals surface area (Å²) in [5, 5.41) is 12.2. The molecule has 0 aliphatic heterocycles. The molecular weight excluding hydrogens is 166 g/mol. The van der Waals surface area contributed by atoms with Crippen molar-refractivity contribution >= 4 is 0 Å². The third kappa shape index (κ3) is 6.02. The summed E-state index contributed by atoms with van der Waals surface area (Å²) in [4.78, 5) is 0. The first-order chi connectivity index (χ1) is 5.97. The minimum atomic E-state index is -0.702. The van der Waals surface area contributed by atoms with Gasteiger partial charge in [0.2, 0.25) is 0 Å². The third-order valence-corrected chi connectivity index (χ3v) is 2.40. The Morgan fingerprint density at radius 1 is 1.23 bits per heavy atom. The second kappa shape index (κ2) is 6.35. The van der Waals surface area contributed by atoms with Crippen LogP contribution in [0.25, 0.3) is 0 Å². The van der Waals surface area contributed by atoms with Crippen LogP contribution in [0.15, 0.2) is 0 Å². The number of rotatable bonds is 6. The van der Waals surface area contributed by atoms with Gasteiger partial charge in [-0.3, -0.25) is 5.32 Å². The highest BCUT2D eigenvalue weighted by molar-refractivity contribution is 4.67. The van der Waals surface area contributed by atoms with Gasteiger partial charge in [0.1, 0.15) is 6.23 Å². The monoisotopic (exact) mass is 189 g/mol. The van der Waals surface area contributed by atoms with Gasteiger partial charge in [0.15, 0.2) is 6.29 Å². The van der Waals surface area contributed by atoms with Crippen LogP contribution in [0, 0.1) is 5.92 Å². The number of aliphatic hydroxyl groups excluding tert-OH is 1. The Bertz CT molecular complexity index is 128. The van der Waals surface area contributed by atoms with Crippen molar-refractivity contribution in [2.24, 2.45) is 5.92 Å². The number of aliphatic hydroxyl groups is 1. The summed E-state index contributed by atoms with van der Waals surface area (Å²) < 4.78 is 5.16. The molecule has 0 bridgehead atoms. The lowest BCUT2D eigenvalue weighted by molar-refractivity contribution is -0.130. The van der Waals surface area contributed by atoms with Gasteiger partial charge >= 0.3 is 0 Å². The zero-order valence-electron chi connectivity index (χ0n) is 9.37. The smallest absolute Gasteiger partial charge is 0.153 e. The molecule has 0 heterocycles. The van der Waals surface area contributed by atoms with Crippen LogP contribution >= 0.6 is 0 Å². The quantitative estimate of drug-likeness (QED) is 0.625. The predicted molar refractivity (Wildman–Crippen MR) is 54.3 cm³/mol. The van der Waals surface area contributed by atoms with Crippen LogP contribution in [-0.4, -0.2) is 23.7 Å². The van der Waals surface area contributed by atoms with E-state index in [1.165, 1.54) is 0 Å². The Labute approximate surface area is 81.5 Å². The highest BCUT2D eigenvalue weighted by Gasteiger charge is 2.13. The zero-order valence-corrected chi connectivity index (χ0v) is 9.37. The van der Waals surface area contributed by atoms with E-state index in [1.807, 2.05) is 6.92 Å². The maximum Gasteiger partial charge on any atom is 0.153 e. The van der Waals surface area contributed by atoms with Crippen LogP contribution in [0.1, 0.15) is 41.0 Å². The summed E-state index contributed by atoms with van der Waals surface area (Å²) in [5.41, 5.74) is 0. The lowest BCUT2D eigenvalue weighted by Gasteiger charge is -2.25. The van der Waals surface area contributed by atoms with E-state index in [2.05, 4.69) is 26.1 Å². The molecule has 0 aromatic rings. The molecule has 0 spiro atoms. The van der Waals surface area contributed by atoms with Crippen molar-refractivity contribution in [3.8, 4) is 0 Å². The zero-order chi connectivity index (χ0) is 10.4. The molecule has 0 saturated carbocycles. The standard InChI is InChI=1S/C10H23NO2/c1-6-7(2)8(3)11-9(4)13-10(5)12/h7-12H,6H2,1-5H3. The van der Waals surface area contributed by atoms with Crippen LogP contribution in [0.2, 0.25) is 0 Å². The van der Waals surface area contributed by atoms with E-state index < -0.39 is 6.29 Å². The molecule has 0 rings (SSSR count). The Balaban J connectivity index is 3.70. The van der Waals surface area contributed by atoms with Gasteiger partial charge in [-0.1, -0.05) is 20.3 Å². The van der Waals surface area contributed by atoms with Crippen molar-refractivity contribution in [1.29, 1.82) is 0 Å². The number of nitrogens with one attached hydrogen (secondary N) is 1. The number of hydrogen-bond acceptors (Lipinski definition) is 3. The molecule has 0 aromatic heterocycles. The lowest BCUT2D eigenvalue weighted by Crippen LogP contribution is -2.41. The fraction of sp³-hybridized carbons (Fsp3) is 1.00. The lowest BCUT2D eigenvalue weighted by atomic mass is 10.0. The topological polar surface area (TPSA) is 41.5 Å². The molecule has 4 atom stereocenters. The van der Waals surface area contributed by atoms with Crippen molar-refractivity contribution in [2.45, 2.75) is 59.6 Å². The molecule has 0 aliphatic rings. The summed E-state index contributed by atoms with van der Waals surface area (Å²) in [6, 6.07) is 0.416. The van der Waals surface area contributed by atoms with Crippen LogP contribution in [0.4, 0.5) is 0 Å². The molecule has 0 amide bonds. The van der Waals surface area contributed by atoms with E-state index in [-0.39, 0.29) is 6.23 Å². The number of hydrogen-bond donors (Lipinski definition) is 2. The van der Waals surface area contributed by atoms with Crippen LogP contribution < -0.4 is 5.32 Å². The molecule has 13 heavy (non-hydrogen) atoms. The Morgan fingerprint density at radius 3 is 2.15 bits per heavy atom. The van der Waals surface area contributed by atoms with E-state index in [0.29, 0.717) is 12.0 Å². The molecule has 0 fully saturated rings. The van der Waals surface area contributed by atoms with E-state index in [4.69, 9.17) is 9.84 Å². The van der Waals surface area contributed by atoms with Gasteiger partial charge in [-0.2, -0.15) is 0 Å². The molecule has 80 valence electrons. The van der Waals surface area contributed by atoms with Crippen molar-refractivity contribution in [1.82, 2.24) is 5.32 Å². The Kier molecular flexibility index (Phi) is 6.29. The Morgan fingerprint density at radius 2 is 1.77 bits per heavy atom.